The van der Waals surface area contributed by atoms with Crippen molar-refractivity contribution in [3.8, 4) is 0 Å². The number of hydrogen-bond donors (Lipinski definition) is 1. The Kier molecular flexibility index (Phi) is 4.66. The molecule has 0 aliphatic carbocycles. The third kappa shape index (κ3) is 3.52. The minimum Gasteiger partial charge on any atom is -0.347 e. The van der Waals surface area contributed by atoms with Crippen molar-refractivity contribution in [3.63, 3.8) is 0 Å². The Morgan fingerprint density at radius 2 is 2.00 bits per heavy atom. The predicted octanol–water partition coefficient (Wildman–Crippen LogP) is 1.59. The fraction of sp³-hybridized carbons (Fsp3) is 0.350. The molecule has 2 atom stereocenters. The van der Waals surface area contributed by atoms with Gasteiger partial charge in [0.1, 0.15) is 5.69 Å². The van der Waals surface area contributed by atoms with Crippen LogP contribution in [0, 0.1) is 0 Å². The fourth-order valence-electron chi connectivity index (χ4n) is 3.87. The first-order valence-corrected chi connectivity index (χ1v) is 11.0. The highest BCUT2D eigenvalue weighted by Gasteiger charge is 2.32. The molecule has 146 valence electrons. The zero-order valence-corrected chi connectivity index (χ0v) is 16.3. The minimum absolute atomic E-state index is 0.0269. The molecule has 2 amide bonds. The van der Waals surface area contributed by atoms with E-state index in [1.165, 1.54) is 12.3 Å². The molecule has 4 rings (SSSR count). The second-order valence-electron chi connectivity index (χ2n) is 7.36. The number of para-hydroxylation sites is 1. The molecule has 1 saturated heterocycles. The summed E-state index contributed by atoms with van der Waals surface area (Å²) in [5.41, 5.74) is 2.50. The number of pyridine rings is 1. The maximum Gasteiger partial charge on any atom is 0.270 e. The number of amides is 2. The minimum atomic E-state index is -3.09. The Morgan fingerprint density at radius 3 is 2.75 bits per heavy atom. The summed E-state index contributed by atoms with van der Waals surface area (Å²) in [5, 5.41) is 2.71. The number of rotatable bonds is 3. The van der Waals surface area contributed by atoms with E-state index in [1.54, 1.807) is 11.0 Å². The van der Waals surface area contributed by atoms with Gasteiger partial charge in [-0.1, -0.05) is 18.2 Å². The van der Waals surface area contributed by atoms with Crippen molar-refractivity contribution in [1.29, 1.82) is 0 Å². The summed E-state index contributed by atoms with van der Waals surface area (Å²) in [6, 6.07) is 10.5. The van der Waals surface area contributed by atoms with Crippen LogP contribution in [0.3, 0.4) is 0 Å². The van der Waals surface area contributed by atoms with Gasteiger partial charge in [0.2, 0.25) is 0 Å². The molecule has 1 fully saturated rings. The van der Waals surface area contributed by atoms with Gasteiger partial charge in [0.15, 0.2) is 9.84 Å². The van der Waals surface area contributed by atoms with E-state index in [0.29, 0.717) is 12.0 Å². The molecule has 0 saturated carbocycles. The zero-order valence-electron chi connectivity index (χ0n) is 15.5. The van der Waals surface area contributed by atoms with E-state index in [0.717, 1.165) is 17.7 Å². The number of benzene rings is 1. The van der Waals surface area contributed by atoms with Crippen LogP contribution in [0.5, 0.6) is 0 Å². The van der Waals surface area contributed by atoms with Crippen LogP contribution in [-0.2, 0) is 16.3 Å². The molecular formula is C20H21N3O4S. The van der Waals surface area contributed by atoms with Crippen LogP contribution >= 0.6 is 0 Å². The fourth-order valence-corrected chi connectivity index (χ4v) is 5.54. The van der Waals surface area contributed by atoms with Crippen LogP contribution in [-0.4, -0.2) is 48.8 Å². The largest absolute Gasteiger partial charge is 0.347 e. The molecule has 8 heteroatoms. The normalized spacial score (nSPS) is 22.7. The molecule has 2 aliphatic rings. The van der Waals surface area contributed by atoms with Gasteiger partial charge in [0, 0.05) is 29.5 Å². The van der Waals surface area contributed by atoms with E-state index < -0.39 is 21.8 Å². The summed E-state index contributed by atoms with van der Waals surface area (Å²) < 4.78 is 23.1. The average Bonchev–Trinajstić information content (AvgIpc) is 3.19. The first kappa shape index (κ1) is 18.6. The molecule has 1 N–H and O–H groups in total. The van der Waals surface area contributed by atoms with Crippen LogP contribution in [0.1, 0.15) is 39.8 Å². The maximum atomic E-state index is 13.1. The summed E-state index contributed by atoms with van der Waals surface area (Å²) >= 11 is 0. The number of nitrogens with one attached hydrogen (secondary N) is 1. The number of nitrogens with zero attached hydrogens (tertiary/aromatic N) is 2. The number of carbonyl (C=O) groups is 2. The molecule has 28 heavy (non-hydrogen) atoms. The van der Waals surface area contributed by atoms with Gasteiger partial charge in [-0.3, -0.25) is 14.6 Å². The quantitative estimate of drug-likeness (QED) is 0.846. The number of carbonyl (C=O) groups excluding carboxylic acids is 2. The Morgan fingerprint density at radius 1 is 1.21 bits per heavy atom. The number of fused-ring (bicyclic) bond motifs is 1. The second-order valence-corrected chi connectivity index (χ2v) is 9.59. The lowest BCUT2D eigenvalue weighted by Gasteiger charge is -2.23. The van der Waals surface area contributed by atoms with E-state index in [9.17, 15) is 18.0 Å². The molecule has 1 aromatic heterocycles. The van der Waals surface area contributed by atoms with Crippen molar-refractivity contribution >= 4 is 27.3 Å². The maximum absolute atomic E-state index is 13.1. The van der Waals surface area contributed by atoms with E-state index in [-0.39, 0.29) is 29.1 Å². The van der Waals surface area contributed by atoms with E-state index in [4.69, 9.17) is 0 Å². The van der Waals surface area contributed by atoms with Gasteiger partial charge in [-0.25, -0.2) is 8.42 Å². The topological polar surface area (TPSA) is 96.4 Å². The molecule has 0 spiro atoms. The number of aromatic nitrogens is 1. The lowest BCUT2D eigenvalue weighted by molar-refractivity contribution is 0.0936. The highest BCUT2D eigenvalue weighted by Crippen LogP contribution is 2.33. The van der Waals surface area contributed by atoms with Crippen molar-refractivity contribution in [1.82, 2.24) is 10.3 Å². The standard InChI is InChI=1S/C20H21N3O4S/c1-13-10-14-4-2-3-5-18(14)23(13)20(25)15-6-8-21-17(11-15)19(24)22-16-7-9-28(26,27)12-16/h2-6,8,11,13,16H,7,9-10,12H2,1H3,(H,22,24). The molecule has 0 bridgehead atoms. The van der Waals surface area contributed by atoms with Crippen molar-refractivity contribution in [3.05, 3.63) is 59.4 Å². The average molecular weight is 399 g/mol. The highest BCUT2D eigenvalue weighted by atomic mass is 32.2. The van der Waals surface area contributed by atoms with Crippen LogP contribution in [0.25, 0.3) is 0 Å². The number of hydrogen-bond acceptors (Lipinski definition) is 5. The van der Waals surface area contributed by atoms with Gasteiger partial charge in [-0.2, -0.15) is 0 Å². The second kappa shape index (κ2) is 7.01. The van der Waals surface area contributed by atoms with E-state index >= 15 is 0 Å². The van der Waals surface area contributed by atoms with Crippen LogP contribution in [0.15, 0.2) is 42.6 Å². The van der Waals surface area contributed by atoms with Gasteiger partial charge in [-0.05, 0) is 43.5 Å². The first-order valence-electron chi connectivity index (χ1n) is 9.23. The van der Waals surface area contributed by atoms with E-state index in [2.05, 4.69) is 10.3 Å². The Balaban J connectivity index is 1.54. The molecule has 1 aromatic carbocycles. The number of anilines is 1. The number of sulfone groups is 1. The lowest BCUT2D eigenvalue weighted by Crippen LogP contribution is -2.37. The molecule has 7 nitrogen and oxygen atoms in total. The Labute approximate surface area is 163 Å². The summed E-state index contributed by atoms with van der Waals surface area (Å²) in [7, 11) is -3.09. The monoisotopic (exact) mass is 399 g/mol. The lowest BCUT2D eigenvalue weighted by atomic mass is 10.1. The first-order chi connectivity index (χ1) is 13.3. The van der Waals surface area contributed by atoms with Gasteiger partial charge >= 0.3 is 0 Å². The molecule has 2 unspecified atom stereocenters. The summed E-state index contributed by atoms with van der Waals surface area (Å²) in [6.45, 7) is 1.99. The van der Waals surface area contributed by atoms with Gasteiger partial charge in [-0.15, -0.1) is 0 Å². The van der Waals surface area contributed by atoms with Crippen LogP contribution in [0.4, 0.5) is 5.69 Å². The molecular weight excluding hydrogens is 378 g/mol. The third-order valence-corrected chi connectivity index (χ3v) is 7.00. The third-order valence-electron chi connectivity index (χ3n) is 5.23. The molecule has 3 heterocycles. The molecule has 0 radical (unpaired) electrons. The van der Waals surface area contributed by atoms with Gasteiger partial charge in [0.25, 0.3) is 11.8 Å². The molecule has 2 aromatic rings. The summed E-state index contributed by atoms with van der Waals surface area (Å²) in [5.74, 6) is -0.626. The van der Waals surface area contributed by atoms with Crippen molar-refractivity contribution in [2.24, 2.45) is 0 Å². The van der Waals surface area contributed by atoms with Crippen molar-refractivity contribution < 1.29 is 18.0 Å². The smallest absolute Gasteiger partial charge is 0.270 e. The SMILES string of the molecule is CC1Cc2ccccc2N1C(=O)c1ccnc(C(=O)NC2CCS(=O)(=O)C2)c1. The van der Waals surface area contributed by atoms with E-state index in [1.807, 2.05) is 31.2 Å². The van der Waals surface area contributed by atoms with Gasteiger partial charge in [0.05, 0.1) is 11.5 Å². The van der Waals surface area contributed by atoms with Crippen LogP contribution < -0.4 is 10.2 Å². The van der Waals surface area contributed by atoms with Crippen molar-refractivity contribution in [2.45, 2.75) is 31.8 Å². The zero-order chi connectivity index (χ0) is 19.9. The summed E-state index contributed by atoms with van der Waals surface area (Å²) in [6.07, 6.45) is 2.62. The van der Waals surface area contributed by atoms with Gasteiger partial charge < -0.3 is 10.2 Å². The van der Waals surface area contributed by atoms with Crippen molar-refractivity contribution in [2.75, 3.05) is 16.4 Å². The summed E-state index contributed by atoms with van der Waals surface area (Å²) in [4.78, 5) is 31.4. The predicted molar refractivity (Wildman–Crippen MR) is 105 cm³/mol. The Hall–Kier alpha value is -2.74. The van der Waals surface area contributed by atoms with Crippen LogP contribution in [0.2, 0.25) is 0 Å². The molecule has 2 aliphatic heterocycles. The highest BCUT2D eigenvalue weighted by molar-refractivity contribution is 7.91. The Bertz CT molecular complexity index is 1050.